The zero-order valence-electron chi connectivity index (χ0n) is 13.8. The molecular weight excluding hydrogens is 344 g/mol. The maximum Gasteiger partial charge on any atom is 0.434 e. The molecular formula is C18H21ClN2O4. The Hall–Kier alpha value is -2.34. The van der Waals surface area contributed by atoms with Gasteiger partial charge in [-0.2, -0.15) is 0 Å². The number of piperidine rings is 1. The summed E-state index contributed by atoms with van der Waals surface area (Å²) in [5.74, 6) is -0.0690. The number of amides is 1. The van der Waals surface area contributed by atoms with Crippen LogP contribution in [-0.2, 0) is 6.42 Å². The molecule has 0 aliphatic carbocycles. The predicted molar refractivity (Wildman–Crippen MR) is 93.8 cm³/mol. The largest absolute Gasteiger partial charge is 0.492 e. The summed E-state index contributed by atoms with van der Waals surface area (Å²) in [6.07, 6.45) is 3.32. The van der Waals surface area contributed by atoms with Crippen LogP contribution in [0.25, 0.3) is 0 Å². The van der Waals surface area contributed by atoms with Crippen LogP contribution in [0.2, 0.25) is 5.02 Å². The quantitative estimate of drug-likeness (QED) is 0.871. The lowest BCUT2D eigenvalue weighted by Crippen LogP contribution is -2.42. The normalized spacial score (nSPS) is 15.3. The Kier molecular flexibility index (Phi) is 5.38. The number of hydrogen-bond acceptors (Lipinski definition) is 4. The number of nitrogens with zero attached hydrogens (tertiary/aromatic N) is 2. The zero-order valence-corrected chi connectivity index (χ0v) is 14.5. The third-order valence-electron chi connectivity index (χ3n) is 4.59. The second kappa shape index (κ2) is 7.70. The number of hydrogen-bond donors (Lipinski definition) is 2. The van der Waals surface area contributed by atoms with Crippen molar-refractivity contribution in [2.45, 2.75) is 25.7 Å². The number of carbonyl (C=O) groups excluding carboxylic acids is 1. The van der Waals surface area contributed by atoms with Gasteiger partial charge in [0.05, 0.1) is 0 Å². The van der Waals surface area contributed by atoms with Crippen LogP contribution in [-0.4, -0.2) is 39.0 Å². The highest BCUT2D eigenvalue weighted by molar-refractivity contribution is 6.30. The summed E-state index contributed by atoms with van der Waals surface area (Å²) in [5.41, 5.74) is 1.27. The Labute approximate surface area is 151 Å². The number of benzene rings is 1. The average molecular weight is 365 g/mol. The van der Waals surface area contributed by atoms with E-state index in [1.165, 1.54) is 17.7 Å². The number of likely N-dealkylation sites (tertiary alicyclic amines) is 1. The molecule has 134 valence electrons. The number of carbonyl (C=O) groups is 1. The number of aryl methyl sites for hydroxylation is 1. The third kappa shape index (κ3) is 4.39. The molecule has 1 saturated heterocycles. The van der Waals surface area contributed by atoms with Crippen molar-refractivity contribution < 1.29 is 19.8 Å². The highest BCUT2D eigenvalue weighted by Crippen LogP contribution is 2.24. The van der Waals surface area contributed by atoms with Gasteiger partial charge in [0.15, 0.2) is 0 Å². The van der Waals surface area contributed by atoms with Crippen LogP contribution in [0, 0.1) is 5.92 Å². The molecule has 3 rings (SSSR count). The molecule has 0 unspecified atom stereocenters. The first-order chi connectivity index (χ1) is 12.0. The van der Waals surface area contributed by atoms with Gasteiger partial charge < -0.3 is 20.0 Å². The fourth-order valence-corrected chi connectivity index (χ4v) is 3.18. The molecule has 0 radical (unpaired) electrons. The van der Waals surface area contributed by atoms with E-state index >= 15 is 0 Å². The van der Waals surface area contributed by atoms with Crippen LogP contribution < -0.4 is 4.84 Å². The van der Waals surface area contributed by atoms with E-state index < -0.39 is 6.09 Å². The second-order valence-electron chi connectivity index (χ2n) is 6.30. The van der Waals surface area contributed by atoms with Crippen molar-refractivity contribution in [1.29, 1.82) is 0 Å². The smallest absolute Gasteiger partial charge is 0.434 e. The molecule has 0 saturated carbocycles. The maximum absolute atomic E-state index is 12.1. The molecule has 1 aliphatic rings. The van der Waals surface area contributed by atoms with Crippen molar-refractivity contribution >= 4 is 17.7 Å². The topological polar surface area (TPSA) is 74.9 Å². The predicted octanol–water partition coefficient (Wildman–Crippen LogP) is 3.45. The molecule has 6 nitrogen and oxygen atoms in total. The van der Waals surface area contributed by atoms with Crippen LogP contribution in [0.4, 0.5) is 4.79 Å². The van der Waals surface area contributed by atoms with E-state index in [9.17, 15) is 15.0 Å². The van der Waals surface area contributed by atoms with Crippen molar-refractivity contribution in [3.63, 3.8) is 0 Å². The van der Waals surface area contributed by atoms with Gasteiger partial charge >= 0.3 is 6.09 Å². The van der Waals surface area contributed by atoms with Gasteiger partial charge in [0.1, 0.15) is 0 Å². The van der Waals surface area contributed by atoms with Crippen molar-refractivity contribution in [1.82, 2.24) is 9.63 Å². The highest BCUT2D eigenvalue weighted by Gasteiger charge is 2.25. The van der Waals surface area contributed by atoms with Crippen molar-refractivity contribution in [3.05, 3.63) is 47.0 Å². The van der Waals surface area contributed by atoms with Crippen molar-refractivity contribution in [3.8, 4) is 11.8 Å². The van der Waals surface area contributed by atoms with E-state index in [-0.39, 0.29) is 11.8 Å². The number of aromatic nitrogens is 1. The van der Waals surface area contributed by atoms with E-state index in [4.69, 9.17) is 16.4 Å². The van der Waals surface area contributed by atoms with Crippen LogP contribution in [0.5, 0.6) is 11.8 Å². The van der Waals surface area contributed by atoms with Crippen LogP contribution in [0.3, 0.4) is 0 Å². The molecule has 2 heterocycles. The average Bonchev–Trinajstić information content (AvgIpc) is 2.93. The molecule has 0 bridgehead atoms. The standard InChI is InChI=1S/C18H21ClN2O4/c19-15-5-3-13(4-6-15)1-2-14-9-11-20(12-10-14)18(24)25-21-16(22)7-8-17(21)23/h3-8,14,22-23H,1-2,9-12H2. The minimum Gasteiger partial charge on any atom is -0.492 e. The Morgan fingerprint density at radius 1 is 1.08 bits per heavy atom. The van der Waals surface area contributed by atoms with E-state index in [1.807, 2.05) is 24.3 Å². The van der Waals surface area contributed by atoms with Gasteiger partial charge in [-0.15, -0.1) is 4.73 Å². The van der Waals surface area contributed by atoms with Gasteiger partial charge in [0, 0.05) is 30.2 Å². The van der Waals surface area contributed by atoms with Crippen LogP contribution in [0.15, 0.2) is 36.4 Å². The van der Waals surface area contributed by atoms with E-state index in [0.29, 0.717) is 19.0 Å². The molecule has 0 atom stereocenters. The first-order valence-electron chi connectivity index (χ1n) is 8.34. The maximum atomic E-state index is 12.1. The van der Waals surface area contributed by atoms with Gasteiger partial charge in [-0.05, 0) is 49.3 Å². The SMILES string of the molecule is O=C(On1c(O)ccc1O)N1CCC(CCc2ccc(Cl)cc2)CC1. The zero-order chi connectivity index (χ0) is 17.8. The molecule has 1 aromatic carbocycles. The lowest BCUT2D eigenvalue weighted by Gasteiger charge is -2.31. The van der Waals surface area contributed by atoms with Gasteiger partial charge in [-0.1, -0.05) is 23.7 Å². The number of halogens is 1. The first-order valence-corrected chi connectivity index (χ1v) is 8.72. The Morgan fingerprint density at radius 2 is 1.68 bits per heavy atom. The molecule has 1 amide bonds. The van der Waals surface area contributed by atoms with E-state index in [0.717, 1.165) is 35.4 Å². The Morgan fingerprint density at radius 3 is 2.28 bits per heavy atom. The number of rotatable bonds is 4. The highest BCUT2D eigenvalue weighted by atomic mass is 35.5. The fourth-order valence-electron chi connectivity index (χ4n) is 3.06. The van der Waals surface area contributed by atoms with Crippen molar-refractivity contribution in [2.75, 3.05) is 13.1 Å². The van der Waals surface area contributed by atoms with Gasteiger partial charge in [0.25, 0.3) is 0 Å². The molecule has 2 aromatic rings. The fraction of sp³-hybridized carbons (Fsp3) is 0.389. The minimum absolute atomic E-state index is 0.316. The second-order valence-corrected chi connectivity index (χ2v) is 6.73. The molecule has 1 fully saturated rings. The lowest BCUT2D eigenvalue weighted by molar-refractivity contribution is 0.0637. The summed E-state index contributed by atoms with van der Waals surface area (Å²) in [5, 5.41) is 19.8. The summed E-state index contributed by atoms with van der Waals surface area (Å²) >= 11 is 5.89. The lowest BCUT2D eigenvalue weighted by atomic mass is 9.91. The summed E-state index contributed by atoms with van der Waals surface area (Å²) in [4.78, 5) is 18.8. The molecule has 1 aliphatic heterocycles. The van der Waals surface area contributed by atoms with E-state index in [1.54, 1.807) is 4.90 Å². The summed E-state index contributed by atoms with van der Waals surface area (Å²) in [6.45, 7) is 1.21. The van der Waals surface area contributed by atoms with Gasteiger partial charge in [-0.25, -0.2) is 4.79 Å². The number of aromatic hydroxyl groups is 2. The molecule has 2 N–H and O–H groups in total. The van der Waals surface area contributed by atoms with Gasteiger partial charge in [-0.3, -0.25) is 0 Å². The Bertz CT molecular complexity index is 702. The van der Waals surface area contributed by atoms with Crippen molar-refractivity contribution in [2.24, 2.45) is 5.92 Å². The van der Waals surface area contributed by atoms with Gasteiger partial charge in [0.2, 0.25) is 11.8 Å². The summed E-state index contributed by atoms with van der Waals surface area (Å²) in [6, 6.07) is 10.4. The van der Waals surface area contributed by atoms with Crippen LogP contribution in [0.1, 0.15) is 24.8 Å². The minimum atomic E-state index is -0.571. The molecule has 1 aromatic heterocycles. The molecule has 25 heavy (non-hydrogen) atoms. The summed E-state index contributed by atoms with van der Waals surface area (Å²) in [7, 11) is 0. The van der Waals surface area contributed by atoms with E-state index in [2.05, 4.69) is 0 Å². The Balaban J connectivity index is 1.45. The molecule has 0 spiro atoms. The molecule has 7 heteroatoms. The van der Waals surface area contributed by atoms with Crippen LogP contribution >= 0.6 is 11.6 Å². The third-order valence-corrected chi connectivity index (χ3v) is 4.85. The first kappa shape index (κ1) is 17.5. The summed E-state index contributed by atoms with van der Waals surface area (Å²) < 4.78 is 0.717. The monoisotopic (exact) mass is 364 g/mol.